The standard InChI is InChI=1S/C17H11Br2ClO/c18-10-5-7-15(19)14(9-10)17(21)13-6-8-16(20)12-4-2-1-3-11(12)13/h1-9,17,21H. The Bertz CT molecular complexity index is 817. The fourth-order valence-corrected chi connectivity index (χ4v) is 3.49. The van der Waals surface area contributed by atoms with Gasteiger partial charge in [0.1, 0.15) is 6.10 Å². The number of fused-ring (bicyclic) bond motifs is 1. The summed E-state index contributed by atoms with van der Waals surface area (Å²) in [6.45, 7) is 0. The summed E-state index contributed by atoms with van der Waals surface area (Å²) in [5.41, 5.74) is 1.66. The number of halogens is 3. The van der Waals surface area contributed by atoms with E-state index in [-0.39, 0.29) is 0 Å². The quantitative estimate of drug-likeness (QED) is 0.525. The Hall–Kier alpha value is -0.870. The summed E-state index contributed by atoms with van der Waals surface area (Å²) in [7, 11) is 0. The lowest BCUT2D eigenvalue weighted by Gasteiger charge is -2.16. The smallest absolute Gasteiger partial charge is 0.106 e. The third kappa shape index (κ3) is 2.88. The fraction of sp³-hybridized carbons (Fsp3) is 0.0588. The van der Waals surface area contributed by atoms with Gasteiger partial charge in [0.2, 0.25) is 0 Å². The summed E-state index contributed by atoms with van der Waals surface area (Å²) in [6, 6.07) is 17.3. The number of aliphatic hydroxyl groups excluding tert-OH is 1. The zero-order valence-electron chi connectivity index (χ0n) is 10.9. The summed E-state index contributed by atoms with van der Waals surface area (Å²) in [4.78, 5) is 0. The van der Waals surface area contributed by atoms with Crippen LogP contribution >= 0.6 is 43.5 Å². The molecule has 0 saturated heterocycles. The third-order valence-corrected chi connectivity index (χ3v) is 5.00. The van der Waals surface area contributed by atoms with Gasteiger partial charge in [-0.3, -0.25) is 0 Å². The molecule has 0 radical (unpaired) electrons. The molecule has 0 amide bonds. The molecule has 0 aliphatic carbocycles. The number of aliphatic hydroxyl groups is 1. The van der Waals surface area contributed by atoms with Gasteiger partial charge in [0, 0.05) is 24.9 Å². The molecule has 0 fully saturated rings. The maximum atomic E-state index is 10.8. The van der Waals surface area contributed by atoms with E-state index in [2.05, 4.69) is 31.9 Å². The first-order chi connectivity index (χ1) is 10.1. The Morgan fingerprint density at radius 3 is 2.33 bits per heavy atom. The Labute approximate surface area is 144 Å². The molecule has 3 aromatic carbocycles. The van der Waals surface area contributed by atoms with Gasteiger partial charge >= 0.3 is 0 Å². The van der Waals surface area contributed by atoms with Gasteiger partial charge in [0.05, 0.1) is 0 Å². The highest BCUT2D eigenvalue weighted by Crippen LogP contribution is 2.36. The third-order valence-electron chi connectivity index (χ3n) is 3.45. The molecular weight excluding hydrogens is 415 g/mol. The zero-order chi connectivity index (χ0) is 15.0. The highest BCUT2D eigenvalue weighted by atomic mass is 79.9. The molecule has 21 heavy (non-hydrogen) atoms. The first-order valence-electron chi connectivity index (χ1n) is 6.38. The van der Waals surface area contributed by atoms with Crippen molar-refractivity contribution in [3.8, 4) is 0 Å². The van der Waals surface area contributed by atoms with E-state index < -0.39 is 6.10 Å². The predicted molar refractivity (Wildman–Crippen MR) is 94.9 cm³/mol. The van der Waals surface area contributed by atoms with Crippen molar-refractivity contribution < 1.29 is 5.11 Å². The van der Waals surface area contributed by atoms with E-state index in [1.165, 1.54) is 0 Å². The minimum absolute atomic E-state index is 0.690. The van der Waals surface area contributed by atoms with Gasteiger partial charge in [-0.05, 0) is 35.2 Å². The van der Waals surface area contributed by atoms with E-state index in [0.717, 1.165) is 30.8 Å². The van der Waals surface area contributed by atoms with Crippen molar-refractivity contribution in [2.75, 3.05) is 0 Å². The lowest BCUT2D eigenvalue weighted by Crippen LogP contribution is -2.02. The van der Waals surface area contributed by atoms with E-state index in [4.69, 9.17) is 11.6 Å². The SMILES string of the molecule is OC(c1cc(Br)ccc1Br)c1ccc(Cl)c2ccccc12. The van der Waals surface area contributed by atoms with Gasteiger partial charge < -0.3 is 5.11 Å². The zero-order valence-corrected chi connectivity index (χ0v) is 14.8. The number of benzene rings is 3. The summed E-state index contributed by atoms with van der Waals surface area (Å²) in [6.07, 6.45) is -0.723. The van der Waals surface area contributed by atoms with Crippen molar-refractivity contribution in [2.24, 2.45) is 0 Å². The van der Waals surface area contributed by atoms with Gasteiger partial charge in [-0.1, -0.05) is 73.8 Å². The maximum absolute atomic E-state index is 10.8. The Kier molecular flexibility index (Phi) is 4.36. The number of hydrogen-bond donors (Lipinski definition) is 1. The molecule has 0 aliphatic heterocycles. The van der Waals surface area contributed by atoms with Crippen LogP contribution in [0.4, 0.5) is 0 Å². The van der Waals surface area contributed by atoms with Crippen molar-refractivity contribution in [1.82, 2.24) is 0 Å². The minimum atomic E-state index is -0.723. The van der Waals surface area contributed by atoms with Crippen LogP contribution in [-0.2, 0) is 0 Å². The Balaban J connectivity index is 2.20. The van der Waals surface area contributed by atoms with Crippen LogP contribution in [-0.4, -0.2) is 5.11 Å². The van der Waals surface area contributed by atoms with Crippen LogP contribution in [0.25, 0.3) is 10.8 Å². The average Bonchev–Trinajstić information content (AvgIpc) is 2.50. The van der Waals surface area contributed by atoms with Gasteiger partial charge in [-0.15, -0.1) is 0 Å². The second kappa shape index (κ2) is 6.09. The molecule has 3 aromatic rings. The van der Waals surface area contributed by atoms with E-state index >= 15 is 0 Å². The molecule has 1 N–H and O–H groups in total. The monoisotopic (exact) mass is 424 g/mol. The molecule has 1 unspecified atom stereocenters. The molecule has 0 spiro atoms. The van der Waals surface area contributed by atoms with Crippen molar-refractivity contribution in [3.63, 3.8) is 0 Å². The summed E-state index contributed by atoms with van der Waals surface area (Å²) >= 11 is 13.2. The maximum Gasteiger partial charge on any atom is 0.106 e. The topological polar surface area (TPSA) is 20.2 Å². The van der Waals surface area contributed by atoms with E-state index in [9.17, 15) is 5.11 Å². The highest BCUT2D eigenvalue weighted by molar-refractivity contribution is 9.11. The molecule has 1 nitrogen and oxygen atoms in total. The summed E-state index contributed by atoms with van der Waals surface area (Å²) < 4.78 is 1.80. The second-order valence-corrected chi connectivity index (χ2v) is 6.93. The van der Waals surface area contributed by atoms with Crippen LogP contribution in [0.15, 0.2) is 63.5 Å². The largest absolute Gasteiger partial charge is 0.384 e. The fourth-order valence-electron chi connectivity index (χ4n) is 2.42. The van der Waals surface area contributed by atoms with Crippen LogP contribution in [0.1, 0.15) is 17.2 Å². The molecule has 4 heteroatoms. The van der Waals surface area contributed by atoms with Crippen molar-refractivity contribution >= 4 is 54.2 Å². The second-order valence-electron chi connectivity index (χ2n) is 4.75. The first kappa shape index (κ1) is 15.0. The summed E-state index contributed by atoms with van der Waals surface area (Å²) in [5.74, 6) is 0. The molecule has 0 aliphatic rings. The van der Waals surface area contributed by atoms with Crippen LogP contribution in [0.3, 0.4) is 0 Å². The van der Waals surface area contributed by atoms with Gasteiger partial charge in [-0.2, -0.15) is 0 Å². The van der Waals surface area contributed by atoms with Crippen LogP contribution in [0.2, 0.25) is 5.02 Å². The minimum Gasteiger partial charge on any atom is -0.384 e. The summed E-state index contributed by atoms with van der Waals surface area (Å²) in [5, 5.41) is 13.4. The number of rotatable bonds is 2. The first-order valence-corrected chi connectivity index (χ1v) is 8.34. The van der Waals surface area contributed by atoms with Crippen molar-refractivity contribution in [2.45, 2.75) is 6.10 Å². The molecule has 0 saturated carbocycles. The Morgan fingerprint density at radius 1 is 0.857 bits per heavy atom. The Morgan fingerprint density at radius 2 is 1.57 bits per heavy atom. The lowest BCUT2D eigenvalue weighted by molar-refractivity contribution is 0.221. The molecular formula is C17H11Br2ClO. The van der Waals surface area contributed by atoms with E-state index in [1.54, 1.807) is 0 Å². The predicted octanol–water partition coefficient (Wildman–Crippen LogP) is 6.10. The molecule has 3 rings (SSSR count). The van der Waals surface area contributed by atoms with Crippen LogP contribution in [0, 0.1) is 0 Å². The van der Waals surface area contributed by atoms with Gasteiger partial charge in [0.15, 0.2) is 0 Å². The number of hydrogen-bond acceptors (Lipinski definition) is 1. The lowest BCUT2D eigenvalue weighted by atomic mass is 9.96. The van der Waals surface area contributed by atoms with Crippen molar-refractivity contribution in [3.05, 3.63) is 79.7 Å². The molecule has 106 valence electrons. The molecule has 0 aromatic heterocycles. The van der Waals surface area contributed by atoms with E-state index in [0.29, 0.717) is 5.02 Å². The van der Waals surface area contributed by atoms with Crippen LogP contribution < -0.4 is 0 Å². The molecule has 0 bridgehead atoms. The highest BCUT2D eigenvalue weighted by Gasteiger charge is 2.17. The van der Waals surface area contributed by atoms with Crippen molar-refractivity contribution in [1.29, 1.82) is 0 Å². The molecule has 0 heterocycles. The van der Waals surface area contributed by atoms with E-state index in [1.807, 2.05) is 54.6 Å². The average molecular weight is 427 g/mol. The van der Waals surface area contributed by atoms with Gasteiger partial charge in [0.25, 0.3) is 0 Å². The normalized spacial score (nSPS) is 12.6. The van der Waals surface area contributed by atoms with Gasteiger partial charge in [-0.25, -0.2) is 0 Å². The van der Waals surface area contributed by atoms with Crippen LogP contribution in [0.5, 0.6) is 0 Å². The molecule has 1 atom stereocenters.